The Morgan fingerprint density at radius 3 is 2.53 bits per heavy atom. The summed E-state index contributed by atoms with van der Waals surface area (Å²) in [5.74, 6) is 1.46. The van der Waals surface area contributed by atoms with Gasteiger partial charge in [0.1, 0.15) is 11.9 Å². The van der Waals surface area contributed by atoms with Crippen LogP contribution in [0.3, 0.4) is 0 Å². The molecule has 0 aliphatic heterocycles. The van der Waals surface area contributed by atoms with Gasteiger partial charge in [-0.3, -0.25) is 0 Å². The molecule has 5 heteroatoms. The van der Waals surface area contributed by atoms with E-state index in [9.17, 15) is 0 Å². The van der Waals surface area contributed by atoms with Gasteiger partial charge >= 0.3 is 0 Å². The van der Waals surface area contributed by atoms with Crippen molar-refractivity contribution >= 4 is 31.9 Å². The van der Waals surface area contributed by atoms with E-state index in [1.165, 1.54) is 0 Å². The number of methoxy groups -OCH3 is 1. The molecule has 0 radical (unpaired) electrons. The Labute approximate surface area is 132 Å². The fourth-order valence-corrected chi connectivity index (χ4v) is 2.74. The monoisotopic (exact) mass is 393 g/mol. The van der Waals surface area contributed by atoms with Crippen molar-refractivity contribution in [3.63, 3.8) is 0 Å². The van der Waals surface area contributed by atoms with Crippen LogP contribution in [-0.2, 0) is 4.74 Å². The Balaban J connectivity index is 2.56. The second-order valence-corrected chi connectivity index (χ2v) is 6.59. The average Bonchev–Trinajstić information content (AvgIpc) is 2.32. The zero-order valence-corrected chi connectivity index (χ0v) is 14.8. The van der Waals surface area contributed by atoms with Crippen molar-refractivity contribution in [1.29, 1.82) is 0 Å². The lowest BCUT2D eigenvalue weighted by atomic mass is 10.2. The van der Waals surface area contributed by atoms with Gasteiger partial charge in [-0.1, -0.05) is 29.8 Å². The molecule has 0 fully saturated rings. The van der Waals surface area contributed by atoms with E-state index in [0.29, 0.717) is 12.5 Å². The molecule has 0 bridgehead atoms. The summed E-state index contributed by atoms with van der Waals surface area (Å²) in [6, 6.07) is 5.88. The van der Waals surface area contributed by atoms with Crippen LogP contribution in [0.4, 0.5) is 0 Å². The number of halogens is 2. The van der Waals surface area contributed by atoms with Gasteiger partial charge in [0.2, 0.25) is 0 Å². The molecule has 19 heavy (non-hydrogen) atoms. The van der Waals surface area contributed by atoms with E-state index in [2.05, 4.69) is 51.0 Å². The van der Waals surface area contributed by atoms with Crippen LogP contribution in [0.15, 0.2) is 27.1 Å². The first-order valence-corrected chi connectivity index (χ1v) is 7.93. The van der Waals surface area contributed by atoms with Gasteiger partial charge in [-0.15, -0.1) is 0 Å². The fourth-order valence-electron chi connectivity index (χ4n) is 1.60. The van der Waals surface area contributed by atoms with E-state index in [1.807, 2.05) is 18.2 Å². The van der Waals surface area contributed by atoms with E-state index in [0.717, 1.165) is 27.8 Å². The summed E-state index contributed by atoms with van der Waals surface area (Å²) in [6.45, 7) is 6.68. The predicted molar refractivity (Wildman–Crippen MR) is 85.8 cm³/mol. The first-order chi connectivity index (χ1) is 9.02. The van der Waals surface area contributed by atoms with Crippen LogP contribution in [0.5, 0.6) is 5.75 Å². The Morgan fingerprint density at radius 2 is 1.95 bits per heavy atom. The summed E-state index contributed by atoms with van der Waals surface area (Å²) in [5.41, 5.74) is 0. The number of hydrogen-bond donors (Lipinski definition) is 1. The van der Waals surface area contributed by atoms with Crippen molar-refractivity contribution in [2.45, 2.75) is 20.0 Å². The van der Waals surface area contributed by atoms with Gasteiger partial charge in [-0.05, 0) is 46.6 Å². The molecule has 1 rings (SSSR count). The minimum absolute atomic E-state index is 0.00113. The molecule has 1 atom stereocenters. The molecule has 0 amide bonds. The molecular weight excluding hydrogens is 374 g/mol. The SMILES string of the molecule is COCC(CNCC(C)C)Oc1ccc(Br)cc1Br. The number of benzene rings is 1. The zero-order valence-electron chi connectivity index (χ0n) is 11.6. The summed E-state index contributed by atoms with van der Waals surface area (Å²) in [7, 11) is 1.69. The van der Waals surface area contributed by atoms with Crippen LogP contribution in [0.2, 0.25) is 0 Å². The van der Waals surface area contributed by atoms with Gasteiger partial charge in [0, 0.05) is 18.1 Å². The Morgan fingerprint density at radius 1 is 1.21 bits per heavy atom. The molecular formula is C14H21Br2NO2. The summed E-state index contributed by atoms with van der Waals surface area (Å²) in [5, 5.41) is 3.39. The normalized spacial score (nSPS) is 12.7. The Kier molecular flexibility index (Phi) is 7.99. The van der Waals surface area contributed by atoms with E-state index in [1.54, 1.807) is 7.11 Å². The van der Waals surface area contributed by atoms with Gasteiger partial charge in [-0.2, -0.15) is 0 Å². The summed E-state index contributed by atoms with van der Waals surface area (Å²) < 4.78 is 13.1. The summed E-state index contributed by atoms with van der Waals surface area (Å²) >= 11 is 6.93. The second kappa shape index (κ2) is 8.95. The molecule has 0 aliphatic carbocycles. The van der Waals surface area contributed by atoms with Crippen molar-refractivity contribution < 1.29 is 9.47 Å². The van der Waals surface area contributed by atoms with Crippen molar-refractivity contribution in [3.05, 3.63) is 27.1 Å². The lowest BCUT2D eigenvalue weighted by Crippen LogP contribution is -2.36. The maximum atomic E-state index is 5.97. The van der Waals surface area contributed by atoms with Crippen molar-refractivity contribution in [2.75, 3.05) is 26.8 Å². The van der Waals surface area contributed by atoms with Gasteiger partial charge < -0.3 is 14.8 Å². The molecule has 0 saturated heterocycles. The van der Waals surface area contributed by atoms with Crippen LogP contribution in [0, 0.1) is 5.92 Å². The molecule has 0 aromatic heterocycles. The maximum absolute atomic E-state index is 5.97. The summed E-state index contributed by atoms with van der Waals surface area (Å²) in [6.07, 6.45) is 0.00113. The van der Waals surface area contributed by atoms with Crippen LogP contribution in [0.1, 0.15) is 13.8 Å². The number of rotatable bonds is 8. The molecule has 0 spiro atoms. The van der Waals surface area contributed by atoms with Crippen molar-refractivity contribution in [2.24, 2.45) is 5.92 Å². The fraction of sp³-hybridized carbons (Fsp3) is 0.571. The number of hydrogen-bond acceptors (Lipinski definition) is 3. The highest BCUT2D eigenvalue weighted by Gasteiger charge is 2.12. The molecule has 1 N–H and O–H groups in total. The van der Waals surface area contributed by atoms with Gasteiger partial charge in [0.05, 0.1) is 11.1 Å². The lowest BCUT2D eigenvalue weighted by Gasteiger charge is -2.20. The van der Waals surface area contributed by atoms with Crippen LogP contribution < -0.4 is 10.1 Å². The third kappa shape index (κ3) is 6.75. The zero-order chi connectivity index (χ0) is 14.3. The third-order valence-corrected chi connectivity index (χ3v) is 3.58. The molecule has 0 heterocycles. The molecule has 0 aliphatic rings. The first-order valence-electron chi connectivity index (χ1n) is 6.34. The predicted octanol–water partition coefficient (Wildman–Crippen LogP) is 3.85. The quantitative estimate of drug-likeness (QED) is 0.726. The van der Waals surface area contributed by atoms with Gasteiger partial charge in [0.25, 0.3) is 0 Å². The lowest BCUT2D eigenvalue weighted by molar-refractivity contribution is 0.0797. The van der Waals surface area contributed by atoms with E-state index in [-0.39, 0.29) is 6.10 Å². The van der Waals surface area contributed by atoms with Crippen molar-refractivity contribution in [1.82, 2.24) is 5.32 Å². The smallest absolute Gasteiger partial charge is 0.134 e. The van der Waals surface area contributed by atoms with E-state index < -0.39 is 0 Å². The van der Waals surface area contributed by atoms with E-state index >= 15 is 0 Å². The maximum Gasteiger partial charge on any atom is 0.134 e. The highest BCUT2D eigenvalue weighted by molar-refractivity contribution is 9.11. The Hall–Kier alpha value is -0.100. The third-order valence-electron chi connectivity index (χ3n) is 2.46. The van der Waals surface area contributed by atoms with Crippen LogP contribution >= 0.6 is 31.9 Å². The average molecular weight is 395 g/mol. The molecule has 1 aromatic rings. The topological polar surface area (TPSA) is 30.5 Å². The molecule has 3 nitrogen and oxygen atoms in total. The van der Waals surface area contributed by atoms with Gasteiger partial charge in [0.15, 0.2) is 0 Å². The highest BCUT2D eigenvalue weighted by Crippen LogP contribution is 2.28. The van der Waals surface area contributed by atoms with Crippen LogP contribution in [0.25, 0.3) is 0 Å². The van der Waals surface area contributed by atoms with Crippen molar-refractivity contribution in [3.8, 4) is 5.75 Å². The first kappa shape index (κ1) is 17.0. The Bertz CT molecular complexity index is 386. The largest absolute Gasteiger partial charge is 0.486 e. The number of ether oxygens (including phenoxy) is 2. The number of nitrogens with one attached hydrogen (secondary N) is 1. The highest BCUT2D eigenvalue weighted by atomic mass is 79.9. The van der Waals surface area contributed by atoms with Crippen LogP contribution in [-0.4, -0.2) is 32.9 Å². The molecule has 108 valence electrons. The molecule has 1 aromatic carbocycles. The molecule has 1 unspecified atom stereocenters. The summed E-state index contributed by atoms with van der Waals surface area (Å²) in [4.78, 5) is 0. The van der Waals surface area contributed by atoms with Gasteiger partial charge in [-0.25, -0.2) is 0 Å². The van der Waals surface area contributed by atoms with E-state index in [4.69, 9.17) is 9.47 Å². The minimum atomic E-state index is 0.00113. The minimum Gasteiger partial charge on any atom is -0.486 e. The molecule has 0 saturated carbocycles. The second-order valence-electron chi connectivity index (χ2n) is 4.82. The standard InChI is InChI=1S/C14H21Br2NO2/c1-10(2)7-17-8-12(9-18-3)19-14-5-4-11(15)6-13(14)16/h4-6,10,12,17H,7-9H2,1-3H3.